The number of rotatable bonds is 8. The molecule has 7 heteroatoms. The van der Waals surface area contributed by atoms with Crippen LogP contribution in [0.25, 0.3) is 0 Å². The molecule has 1 N–H and O–H groups in total. The minimum absolute atomic E-state index is 0.200. The summed E-state index contributed by atoms with van der Waals surface area (Å²) in [6.07, 6.45) is 1.59. The minimum atomic E-state index is -1.08. The lowest BCUT2D eigenvalue weighted by Crippen LogP contribution is -2.38. The van der Waals surface area contributed by atoms with Gasteiger partial charge in [0.25, 0.3) is 5.91 Å². The Morgan fingerprint density at radius 2 is 2.10 bits per heavy atom. The van der Waals surface area contributed by atoms with Gasteiger partial charge in [0.2, 0.25) is 0 Å². The highest BCUT2D eigenvalue weighted by Gasteiger charge is 2.18. The number of hydrogen-bond donors (Lipinski definition) is 1. The molecular weight excluding hydrogens is 294 g/mol. The SMILES string of the molecule is COCCN(CC(=O)O)C(=O)c1cccc(CS(C)=O)c1. The third-order valence-corrected chi connectivity index (χ3v) is 3.46. The molecular formula is C14H19NO5S. The van der Waals surface area contributed by atoms with E-state index in [-0.39, 0.29) is 25.6 Å². The van der Waals surface area contributed by atoms with Crippen LogP contribution in [0, 0.1) is 0 Å². The van der Waals surface area contributed by atoms with Crippen molar-refractivity contribution in [3.05, 3.63) is 35.4 Å². The summed E-state index contributed by atoms with van der Waals surface area (Å²) >= 11 is 0. The monoisotopic (exact) mass is 313 g/mol. The standard InChI is InChI=1S/C14H19NO5S/c1-20-7-6-15(9-13(16)17)14(18)12-5-3-4-11(8-12)10-21(2)19/h3-5,8H,6-7,9-10H2,1-2H3,(H,16,17). The zero-order valence-electron chi connectivity index (χ0n) is 12.1. The molecule has 0 bridgehead atoms. The molecule has 0 aromatic heterocycles. The van der Waals surface area contributed by atoms with Gasteiger partial charge >= 0.3 is 5.97 Å². The van der Waals surface area contributed by atoms with Crippen LogP contribution in [0.2, 0.25) is 0 Å². The average Bonchev–Trinajstić information content (AvgIpc) is 2.42. The Balaban J connectivity index is 2.91. The summed E-state index contributed by atoms with van der Waals surface area (Å²) in [5.41, 5.74) is 1.17. The van der Waals surface area contributed by atoms with Crippen LogP contribution in [0.5, 0.6) is 0 Å². The molecule has 1 aromatic rings. The number of benzene rings is 1. The first-order valence-corrected chi connectivity index (χ1v) is 8.05. The normalized spacial score (nSPS) is 11.9. The van der Waals surface area contributed by atoms with Crippen LogP contribution < -0.4 is 0 Å². The number of carboxylic acid groups (broad SMARTS) is 1. The molecule has 6 nitrogen and oxygen atoms in total. The van der Waals surface area contributed by atoms with E-state index < -0.39 is 16.8 Å². The van der Waals surface area contributed by atoms with Gasteiger partial charge in [-0.1, -0.05) is 12.1 Å². The fourth-order valence-electron chi connectivity index (χ4n) is 1.83. The molecule has 0 aliphatic rings. The molecule has 1 aromatic carbocycles. The number of hydrogen-bond acceptors (Lipinski definition) is 4. The van der Waals surface area contributed by atoms with Gasteiger partial charge in [0.1, 0.15) is 6.54 Å². The van der Waals surface area contributed by atoms with E-state index in [1.165, 1.54) is 12.0 Å². The van der Waals surface area contributed by atoms with Gasteiger partial charge in [0, 0.05) is 42.0 Å². The first-order valence-electron chi connectivity index (χ1n) is 6.33. The fourth-order valence-corrected chi connectivity index (χ4v) is 2.48. The molecule has 0 heterocycles. The third kappa shape index (κ3) is 6.05. The van der Waals surface area contributed by atoms with Crippen LogP contribution in [0.1, 0.15) is 15.9 Å². The molecule has 1 atom stereocenters. The van der Waals surface area contributed by atoms with Crippen molar-refractivity contribution in [2.45, 2.75) is 5.75 Å². The van der Waals surface area contributed by atoms with Gasteiger partial charge in [-0.25, -0.2) is 0 Å². The molecule has 1 rings (SSSR count). The first-order chi connectivity index (χ1) is 9.93. The Hall–Kier alpha value is -1.73. The molecule has 0 saturated heterocycles. The van der Waals surface area contributed by atoms with Gasteiger partial charge in [-0.2, -0.15) is 0 Å². The van der Waals surface area contributed by atoms with Crippen molar-refractivity contribution in [3.8, 4) is 0 Å². The average molecular weight is 313 g/mol. The van der Waals surface area contributed by atoms with Gasteiger partial charge in [-0.15, -0.1) is 0 Å². The Labute approximate surface area is 126 Å². The number of ether oxygens (including phenoxy) is 1. The molecule has 0 fully saturated rings. The maximum absolute atomic E-state index is 12.4. The molecule has 0 aliphatic carbocycles. The fraction of sp³-hybridized carbons (Fsp3) is 0.429. The molecule has 0 radical (unpaired) electrons. The molecule has 1 amide bonds. The van der Waals surface area contributed by atoms with Crippen molar-refractivity contribution >= 4 is 22.7 Å². The number of carbonyl (C=O) groups excluding carboxylic acids is 1. The number of amides is 1. The summed E-state index contributed by atoms with van der Waals surface area (Å²) < 4.78 is 16.1. The van der Waals surface area contributed by atoms with Gasteiger partial charge in [0.05, 0.1) is 6.61 Å². The Morgan fingerprint density at radius 1 is 1.38 bits per heavy atom. The summed E-state index contributed by atoms with van der Waals surface area (Å²) in [5, 5.41) is 8.88. The van der Waals surface area contributed by atoms with Crippen LogP contribution in [-0.2, 0) is 26.1 Å². The van der Waals surface area contributed by atoms with Crippen molar-refractivity contribution in [2.24, 2.45) is 0 Å². The first kappa shape index (κ1) is 17.3. The van der Waals surface area contributed by atoms with E-state index in [9.17, 15) is 13.8 Å². The summed E-state index contributed by atoms with van der Waals surface area (Å²) in [5.74, 6) is -1.10. The van der Waals surface area contributed by atoms with E-state index in [1.807, 2.05) is 0 Å². The van der Waals surface area contributed by atoms with Crippen LogP contribution in [0.15, 0.2) is 24.3 Å². The quantitative estimate of drug-likeness (QED) is 0.765. The molecule has 1 unspecified atom stereocenters. The van der Waals surface area contributed by atoms with Crippen LogP contribution in [0.4, 0.5) is 0 Å². The second-order valence-corrected chi connectivity index (χ2v) is 5.97. The molecule has 0 aliphatic heterocycles. The van der Waals surface area contributed by atoms with E-state index in [4.69, 9.17) is 9.84 Å². The van der Waals surface area contributed by atoms with E-state index in [2.05, 4.69) is 0 Å². The van der Waals surface area contributed by atoms with Crippen molar-refractivity contribution in [3.63, 3.8) is 0 Å². The smallest absolute Gasteiger partial charge is 0.323 e. The van der Waals surface area contributed by atoms with Gasteiger partial charge in [0.15, 0.2) is 0 Å². The van der Waals surface area contributed by atoms with Crippen molar-refractivity contribution in [2.75, 3.05) is 33.1 Å². The number of nitrogens with zero attached hydrogens (tertiary/aromatic N) is 1. The Morgan fingerprint density at radius 3 is 2.67 bits per heavy atom. The van der Waals surface area contributed by atoms with Gasteiger partial charge in [-0.05, 0) is 17.7 Å². The molecule has 116 valence electrons. The lowest BCUT2D eigenvalue weighted by atomic mass is 10.1. The van der Waals surface area contributed by atoms with Gasteiger partial charge < -0.3 is 14.7 Å². The summed E-state index contributed by atoms with van der Waals surface area (Å²) in [6.45, 7) is 0.0788. The molecule has 0 saturated carbocycles. The number of carbonyl (C=O) groups is 2. The maximum Gasteiger partial charge on any atom is 0.323 e. The van der Waals surface area contributed by atoms with Crippen molar-refractivity contribution in [1.29, 1.82) is 0 Å². The van der Waals surface area contributed by atoms with E-state index in [0.29, 0.717) is 11.3 Å². The van der Waals surface area contributed by atoms with E-state index in [0.717, 1.165) is 5.56 Å². The topological polar surface area (TPSA) is 83.9 Å². The van der Waals surface area contributed by atoms with Crippen LogP contribution >= 0.6 is 0 Å². The highest BCUT2D eigenvalue weighted by atomic mass is 32.2. The molecule has 0 spiro atoms. The summed E-state index contributed by atoms with van der Waals surface area (Å²) in [6, 6.07) is 6.75. The van der Waals surface area contributed by atoms with E-state index >= 15 is 0 Å². The van der Waals surface area contributed by atoms with E-state index in [1.54, 1.807) is 30.5 Å². The largest absolute Gasteiger partial charge is 0.480 e. The van der Waals surface area contributed by atoms with Crippen molar-refractivity contribution < 1.29 is 23.6 Å². The third-order valence-electron chi connectivity index (χ3n) is 2.72. The number of carboxylic acids is 1. The lowest BCUT2D eigenvalue weighted by Gasteiger charge is -2.20. The molecule has 21 heavy (non-hydrogen) atoms. The van der Waals surface area contributed by atoms with Crippen LogP contribution in [0.3, 0.4) is 0 Å². The highest BCUT2D eigenvalue weighted by molar-refractivity contribution is 7.83. The van der Waals surface area contributed by atoms with Crippen molar-refractivity contribution in [1.82, 2.24) is 4.90 Å². The summed E-state index contributed by atoms with van der Waals surface area (Å²) in [7, 11) is 0.485. The van der Waals surface area contributed by atoms with Gasteiger partial charge in [-0.3, -0.25) is 13.8 Å². The minimum Gasteiger partial charge on any atom is -0.480 e. The Bertz CT molecular complexity index is 532. The highest BCUT2D eigenvalue weighted by Crippen LogP contribution is 2.10. The van der Waals surface area contributed by atoms with Crippen LogP contribution in [-0.4, -0.2) is 59.2 Å². The maximum atomic E-state index is 12.4. The Kier molecular flexibility index (Phi) is 7.04. The lowest BCUT2D eigenvalue weighted by molar-refractivity contribution is -0.137. The second kappa shape index (κ2) is 8.53. The predicted molar refractivity (Wildman–Crippen MR) is 79.6 cm³/mol. The second-order valence-electron chi connectivity index (χ2n) is 4.53. The zero-order chi connectivity index (χ0) is 15.8. The zero-order valence-corrected chi connectivity index (χ0v) is 12.9. The predicted octanol–water partition coefficient (Wildman–Crippen LogP) is 0.738. The number of aliphatic carboxylic acids is 1. The summed E-state index contributed by atoms with van der Waals surface area (Å²) in [4.78, 5) is 24.4. The number of methoxy groups -OCH3 is 1.